The van der Waals surface area contributed by atoms with E-state index in [4.69, 9.17) is 9.47 Å². The van der Waals surface area contributed by atoms with Crippen molar-refractivity contribution in [1.29, 1.82) is 0 Å². The van der Waals surface area contributed by atoms with Crippen LogP contribution in [0, 0.1) is 5.92 Å². The second-order valence-corrected chi connectivity index (χ2v) is 4.79. The van der Waals surface area contributed by atoms with Crippen molar-refractivity contribution in [2.24, 2.45) is 5.92 Å². The number of methoxy groups -OCH3 is 1. The molecule has 1 rings (SSSR count). The summed E-state index contributed by atoms with van der Waals surface area (Å²) in [5.74, 6) is 1.96. The summed E-state index contributed by atoms with van der Waals surface area (Å²) in [5, 5.41) is 9.53. The van der Waals surface area contributed by atoms with E-state index < -0.39 is 6.10 Å². The molecule has 0 saturated carbocycles. The fraction of sp³-hybridized carbons (Fsp3) is 0.600. The molecule has 18 heavy (non-hydrogen) atoms. The Morgan fingerprint density at radius 1 is 1.22 bits per heavy atom. The SMILES string of the molecule is CCCC(C)COc1ccc([C@@H](C)O)cc1OC. The zero-order valence-corrected chi connectivity index (χ0v) is 11.8. The number of hydrogen-bond acceptors (Lipinski definition) is 3. The maximum Gasteiger partial charge on any atom is 0.161 e. The Labute approximate surface area is 110 Å². The van der Waals surface area contributed by atoms with E-state index in [-0.39, 0.29) is 0 Å². The molecular formula is C15H24O3. The lowest BCUT2D eigenvalue weighted by molar-refractivity contribution is 0.198. The second-order valence-electron chi connectivity index (χ2n) is 4.79. The molecule has 0 heterocycles. The molecular weight excluding hydrogens is 228 g/mol. The Morgan fingerprint density at radius 2 is 1.94 bits per heavy atom. The minimum absolute atomic E-state index is 0.494. The van der Waals surface area contributed by atoms with E-state index >= 15 is 0 Å². The summed E-state index contributed by atoms with van der Waals surface area (Å²) >= 11 is 0. The average molecular weight is 252 g/mol. The number of ether oxygens (including phenoxy) is 2. The number of aliphatic hydroxyl groups is 1. The van der Waals surface area contributed by atoms with E-state index in [1.165, 1.54) is 6.42 Å². The summed E-state index contributed by atoms with van der Waals surface area (Å²) in [4.78, 5) is 0. The minimum Gasteiger partial charge on any atom is -0.493 e. The molecule has 3 nitrogen and oxygen atoms in total. The Hall–Kier alpha value is -1.22. The largest absolute Gasteiger partial charge is 0.493 e. The zero-order valence-electron chi connectivity index (χ0n) is 11.8. The third-order valence-corrected chi connectivity index (χ3v) is 2.97. The highest BCUT2D eigenvalue weighted by Crippen LogP contribution is 2.30. The van der Waals surface area contributed by atoms with Crippen molar-refractivity contribution < 1.29 is 14.6 Å². The van der Waals surface area contributed by atoms with Gasteiger partial charge in [-0.3, -0.25) is 0 Å². The average Bonchev–Trinajstić information content (AvgIpc) is 2.36. The third-order valence-electron chi connectivity index (χ3n) is 2.97. The van der Waals surface area contributed by atoms with E-state index in [1.807, 2.05) is 18.2 Å². The van der Waals surface area contributed by atoms with Gasteiger partial charge >= 0.3 is 0 Å². The first-order chi connectivity index (χ1) is 8.58. The molecule has 1 aromatic rings. The summed E-state index contributed by atoms with van der Waals surface area (Å²) in [6.07, 6.45) is 1.84. The van der Waals surface area contributed by atoms with Crippen LogP contribution in [0.25, 0.3) is 0 Å². The van der Waals surface area contributed by atoms with Crippen LogP contribution in [0.15, 0.2) is 18.2 Å². The standard InChI is InChI=1S/C15H24O3/c1-5-6-11(2)10-18-14-8-7-13(12(3)16)9-15(14)17-4/h7-9,11-12,16H,5-6,10H2,1-4H3/t11?,12-/m1/s1. The smallest absolute Gasteiger partial charge is 0.161 e. The molecule has 3 heteroatoms. The van der Waals surface area contributed by atoms with E-state index in [0.29, 0.717) is 18.3 Å². The van der Waals surface area contributed by atoms with Gasteiger partial charge < -0.3 is 14.6 Å². The van der Waals surface area contributed by atoms with Crippen molar-refractivity contribution >= 4 is 0 Å². The fourth-order valence-corrected chi connectivity index (χ4v) is 1.87. The van der Waals surface area contributed by atoms with Gasteiger partial charge in [-0.1, -0.05) is 26.3 Å². The third kappa shape index (κ3) is 4.22. The van der Waals surface area contributed by atoms with Crippen LogP contribution in [-0.2, 0) is 0 Å². The van der Waals surface area contributed by atoms with Crippen molar-refractivity contribution in [2.75, 3.05) is 13.7 Å². The van der Waals surface area contributed by atoms with Crippen LogP contribution in [0.2, 0.25) is 0 Å². The molecule has 0 fully saturated rings. The topological polar surface area (TPSA) is 38.7 Å². The highest BCUT2D eigenvalue weighted by Gasteiger charge is 2.10. The molecule has 0 aliphatic heterocycles. The maximum atomic E-state index is 9.53. The van der Waals surface area contributed by atoms with Crippen molar-refractivity contribution in [2.45, 2.75) is 39.7 Å². The molecule has 0 aromatic heterocycles. The maximum absolute atomic E-state index is 9.53. The lowest BCUT2D eigenvalue weighted by Crippen LogP contribution is -2.09. The zero-order chi connectivity index (χ0) is 13.5. The van der Waals surface area contributed by atoms with E-state index in [1.54, 1.807) is 14.0 Å². The van der Waals surface area contributed by atoms with Gasteiger partial charge in [0.15, 0.2) is 11.5 Å². The van der Waals surface area contributed by atoms with Crippen LogP contribution in [0.3, 0.4) is 0 Å². The van der Waals surface area contributed by atoms with Gasteiger partial charge in [-0.15, -0.1) is 0 Å². The number of benzene rings is 1. The lowest BCUT2D eigenvalue weighted by atomic mass is 10.1. The van der Waals surface area contributed by atoms with Crippen LogP contribution < -0.4 is 9.47 Å². The first-order valence-corrected chi connectivity index (χ1v) is 6.57. The molecule has 102 valence electrons. The minimum atomic E-state index is -0.494. The Balaban J connectivity index is 2.70. The molecule has 1 unspecified atom stereocenters. The quantitative estimate of drug-likeness (QED) is 0.806. The molecule has 0 amide bonds. The van der Waals surface area contributed by atoms with E-state index in [2.05, 4.69) is 13.8 Å². The normalized spacial score (nSPS) is 14.1. The van der Waals surface area contributed by atoms with Crippen molar-refractivity contribution in [3.05, 3.63) is 23.8 Å². The molecule has 0 radical (unpaired) electrons. The summed E-state index contributed by atoms with van der Waals surface area (Å²) in [6, 6.07) is 5.55. The van der Waals surface area contributed by atoms with Crippen molar-refractivity contribution in [1.82, 2.24) is 0 Å². The van der Waals surface area contributed by atoms with Crippen molar-refractivity contribution in [3.63, 3.8) is 0 Å². The molecule has 0 aliphatic carbocycles. The number of aliphatic hydroxyl groups excluding tert-OH is 1. The number of rotatable bonds is 7. The van der Waals surface area contributed by atoms with Crippen LogP contribution in [0.5, 0.6) is 11.5 Å². The van der Waals surface area contributed by atoms with E-state index in [9.17, 15) is 5.11 Å². The molecule has 2 atom stereocenters. The lowest BCUT2D eigenvalue weighted by Gasteiger charge is -2.16. The molecule has 0 spiro atoms. The Morgan fingerprint density at radius 3 is 2.50 bits per heavy atom. The van der Waals surface area contributed by atoms with Gasteiger partial charge in [0.25, 0.3) is 0 Å². The summed E-state index contributed by atoms with van der Waals surface area (Å²) in [5.41, 5.74) is 0.834. The van der Waals surface area contributed by atoms with Crippen LogP contribution >= 0.6 is 0 Å². The van der Waals surface area contributed by atoms with Gasteiger partial charge in [0, 0.05) is 0 Å². The molecule has 1 aromatic carbocycles. The van der Waals surface area contributed by atoms with Crippen LogP contribution in [0.4, 0.5) is 0 Å². The first kappa shape index (κ1) is 14.8. The summed E-state index contributed by atoms with van der Waals surface area (Å²) in [6.45, 7) is 6.78. The van der Waals surface area contributed by atoms with E-state index in [0.717, 1.165) is 17.7 Å². The predicted molar refractivity (Wildman–Crippen MR) is 73.2 cm³/mol. The van der Waals surface area contributed by atoms with Gasteiger partial charge in [0.2, 0.25) is 0 Å². The van der Waals surface area contributed by atoms with Gasteiger partial charge in [-0.2, -0.15) is 0 Å². The van der Waals surface area contributed by atoms with Crippen LogP contribution in [0.1, 0.15) is 45.3 Å². The van der Waals surface area contributed by atoms with Gasteiger partial charge in [0.1, 0.15) is 0 Å². The van der Waals surface area contributed by atoms with Crippen molar-refractivity contribution in [3.8, 4) is 11.5 Å². The van der Waals surface area contributed by atoms with Crippen LogP contribution in [-0.4, -0.2) is 18.8 Å². The van der Waals surface area contributed by atoms with Gasteiger partial charge in [-0.05, 0) is 37.0 Å². The van der Waals surface area contributed by atoms with Gasteiger partial charge in [-0.25, -0.2) is 0 Å². The fourth-order valence-electron chi connectivity index (χ4n) is 1.87. The highest BCUT2D eigenvalue weighted by atomic mass is 16.5. The monoisotopic (exact) mass is 252 g/mol. The first-order valence-electron chi connectivity index (χ1n) is 6.57. The predicted octanol–water partition coefficient (Wildman–Crippen LogP) is 3.56. The van der Waals surface area contributed by atoms with Gasteiger partial charge in [0.05, 0.1) is 19.8 Å². The summed E-state index contributed by atoms with van der Waals surface area (Å²) < 4.78 is 11.1. The molecule has 1 N–H and O–H groups in total. The number of hydrogen-bond donors (Lipinski definition) is 1. The molecule has 0 aliphatic rings. The highest BCUT2D eigenvalue weighted by molar-refractivity contribution is 5.43. The Kier molecular flexibility index (Phi) is 5.99. The second kappa shape index (κ2) is 7.27. The molecule has 0 bridgehead atoms. The summed E-state index contributed by atoms with van der Waals surface area (Å²) in [7, 11) is 1.61. The molecule has 0 saturated heterocycles. The Bertz CT molecular complexity index is 361.